The fourth-order valence-corrected chi connectivity index (χ4v) is 6.58. The molecule has 0 bridgehead atoms. The Morgan fingerprint density at radius 3 is 2.44 bits per heavy atom. The summed E-state index contributed by atoms with van der Waals surface area (Å²) in [5.41, 5.74) is 1.79. The molecule has 48 heavy (non-hydrogen) atoms. The fraction of sp³-hybridized carbons (Fsp3) is 0.412. The Labute approximate surface area is 275 Å². The lowest BCUT2D eigenvalue weighted by Gasteiger charge is -2.39. The number of nitrogens with one attached hydrogen (secondary N) is 1. The van der Waals surface area contributed by atoms with E-state index in [1.165, 1.54) is 31.0 Å². The summed E-state index contributed by atoms with van der Waals surface area (Å²) in [5.74, 6) is 0.721. The van der Waals surface area contributed by atoms with Gasteiger partial charge in [-0.15, -0.1) is 0 Å². The first kappa shape index (κ1) is 33.1. The van der Waals surface area contributed by atoms with Crippen LogP contribution in [-0.4, -0.2) is 76.9 Å². The lowest BCUT2D eigenvalue weighted by molar-refractivity contribution is -0.198. The van der Waals surface area contributed by atoms with Crippen LogP contribution in [0.4, 0.5) is 19.0 Å². The highest BCUT2D eigenvalue weighted by Crippen LogP contribution is 2.43. The van der Waals surface area contributed by atoms with Gasteiger partial charge in [-0.2, -0.15) is 23.3 Å². The summed E-state index contributed by atoms with van der Waals surface area (Å²) < 4.78 is 62.8. The smallest absolute Gasteiger partial charge is 0.429 e. The average molecular weight is 667 g/mol. The van der Waals surface area contributed by atoms with Gasteiger partial charge in [0.25, 0.3) is 0 Å². The molecular weight excluding hydrogens is 629 g/mol. The fourth-order valence-electron chi connectivity index (χ4n) is 6.58. The van der Waals surface area contributed by atoms with Gasteiger partial charge >= 0.3 is 12.1 Å². The highest BCUT2D eigenvalue weighted by Gasteiger charge is 2.46. The zero-order chi connectivity index (χ0) is 34.2. The molecule has 1 spiro atoms. The van der Waals surface area contributed by atoms with Crippen molar-refractivity contribution in [3.63, 3.8) is 0 Å². The van der Waals surface area contributed by atoms with Crippen molar-refractivity contribution >= 4 is 11.8 Å². The van der Waals surface area contributed by atoms with Crippen molar-refractivity contribution in [2.75, 3.05) is 38.8 Å². The number of nitrogens with zero attached hydrogens (tertiary/aromatic N) is 5. The van der Waals surface area contributed by atoms with Crippen LogP contribution >= 0.6 is 0 Å². The number of benzene rings is 2. The number of aliphatic carboxylic acids is 1. The van der Waals surface area contributed by atoms with Crippen molar-refractivity contribution < 1.29 is 37.3 Å². The number of methoxy groups -OCH3 is 2. The minimum Gasteiger partial charge on any atom is -0.497 e. The third kappa shape index (κ3) is 6.75. The van der Waals surface area contributed by atoms with E-state index >= 15 is 0 Å². The molecule has 2 aliphatic heterocycles. The maximum atomic E-state index is 14.9. The number of hydrogen-bond donors (Lipinski definition) is 2. The Kier molecular flexibility index (Phi) is 8.94. The zero-order valence-electron chi connectivity index (χ0n) is 27.0. The third-order valence-electron chi connectivity index (χ3n) is 9.15. The standard InChI is InChI=1S/C34H37F3N6O5/c1-20-9-12-43(41-20)27-15-22(24-8-6-23(46-3)16-28(24)47-4)5-7-25(27)31(34(35,36)37)48-30-17-29(39-21(2)40-30)42-13-10-33(11-14-42)18-26(32(44)45)38-19-33/h5-9,12,15-17,26,31,38H,10-11,13-14,18-19H2,1-4H3,(H,44,45)/t26?,31-/m1/s1. The highest BCUT2D eigenvalue weighted by atomic mass is 19.4. The Bertz CT molecular complexity index is 1800. The average Bonchev–Trinajstić information content (AvgIpc) is 3.69. The summed E-state index contributed by atoms with van der Waals surface area (Å²) in [6.07, 6.45) is -3.59. The molecule has 0 radical (unpaired) electrons. The molecule has 2 aromatic carbocycles. The van der Waals surface area contributed by atoms with Crippen LogP contribution in [0.2, 0.25) is 0 Å². The molecule has 2 aliphatic rings. The minimum atomic E-state index is -4.82. The molecule has 1 unspecified atom stereocenters. The number of carboxylic acids is 1. The van der Waals surface area contributed by atoms with E-state index in [4.69, 9.17) is 14.2 Å². The van der Waals surface area contributed by atoms with Crippen LogP contribution in [0.1, 0.15) is 42.4 Å². The van der Waals surface area contributed by atoms with Crippen LogP contribution in [0.15, 0.2) is 54.7 Å². The number of aryl methyl sites for hydroxylation is 2. The number of carboxylic acid groups (broad SMARTS) is 1. The Morgan fingerprint density at radius 1 is 1.04 bits per heavy atom. The van der Waals surface area contributed by atoms with Crippen LogP contribution in [0.5, 0.6) is 17.4 Å². The number of ether oxygens (including phenoxy) is 3. The van der Waals surface area contributed by atoms with Gasteiger partial charge in [0.1, 0.15) is 29.2 Å². The van der Waals surface area contributed by atoms with E-state index in [0.717, 1.165) is 12.8 Å². The number of rotatable bonds is 9. The van der Waals surface area contributed by atoms with E-state index in [2.05, 4.69) is 20.4 Å². The lowest BCUT2D eigenvalue weighted by atomic mass is 9.76. The van der Waals surface area contributed by atoms with Crippen LogP contribution < -0.4 is 24.4 Å². The maximum absolute atomic E-state index is 14.9. The van der Waals surface area contributed by atoms with Crippen molar-refractivity contribution in [3.05, 3.63) is 71.8 Å². The molecule has 14 heteroatoms. The van der Waals surface area contributed by atoms with Gasteiger partial charge in [0.05, 0.1) is 25.6 Å². The first-order valence-electron chi connectivity index (χ1n) is 15.6. The van der Waals surface area contributed by atoms with E-state index < -0.39 is 24.3 Å². The maximum Gasteiger partial charge on any atom is 0.429 e. The van der Waals surface area contributed by atoms with Gasteiger partial charge in [0.2, 0.25) is 12.0 Å². The third-order valence-corrected chi connectivity index (χ3v) is 9.15. The number of anilines is 1. The molecular formula is C34H37F3N6O5. The zero-order valence-corrected chi connectivity index (χ0v) is 27.0. The number of halogens is 3. The summed E-state index contributed by atoms with van der Waals surface area (Å²) in [6, 6.07) is 12.4. The Hall–Kier alpha value is -4.85. The van der Waals surface area contributed by atoms with Gasteiger partial charge in [0, 0.05) is 49.1 Å². The minimum absolute atomic E-state index is 0.133. The normalized spacial score (nSPS) is 18.1. The SMILES string of the molecule is COc1ccc(-c2ccc([C@@H](Oc3cc(N4CCC5(CC4)CNC(C(=O)O)C5)nc(C)n3)C(F)(F)F)c(-n3ccc(C)n3)c2)c(OC)c1. The predicted molar refractivity (Wildman–Crippen MR) is 171 cm³/mol. The number of alkyl halides is 3. The second-order valence-electron chi connectivity index (χ2n) is 12.4. The molecule has 11 nitrogen and oxygen atoms in total. The van der Waals surface area contributed by atoms with E-state index in [1.807, 2.05) is 4.90 Å². The van der Waals surface area contributed by atoms with Crippen LogP contribution in [0.3, 0.4) is 0 Å². The van der Waals surface area contributed by atoms with Crippen molar-refractivity contribution in [1.82, 2.24) is 25.1 Å². The second-order valence-corrected chi connectivity index (χ2v) is 12.4. The second kappa shape index (κ2) is 13.0. The molecule has 0 amide bonds. The monoisotopic (exact) mass is 666 g/mol. The summed E-state index contributed by atoms with van der Waals surface area (Å²) in [6.45, 7) is 5.13. The van der Waals surface area contributed by atoms with Crippen molar-refractivity contribution in [1.29, 1.82) is 0 Å². The summed E-state index contributed by atoms with van der Waals surface area (Å²) >= 11 is 0. The van der Waals surface area contributed by atoms with Gasteiger partial charge in [-0.1, -0.05) is 12.1 Å². The lowest BCUT2D eigenvalue weighted by Crippen LogP contribution is -2.41. The van der Waals surface area contributed by atoms with E-state index in [9.17, 15) is 23.1 Å². The quantitative estimate of drug-likeness (QED) is 0.231. The van der Waals surface area contributed by atoms with Crippen LogP contribution in [0, 0.1) is 19.3 Å². The number of carbonyl (C=O) groups is 1. The summed E-state index contributed by atoms with van der Waals surface area (Å²) in [4.78, 5) is 22.2. The Morgan fingerprint density at radius 2 is 1.81 bits per heavy atom. The topological polar surface area (TPSA) is 124 Å². The van der Waals surface area contributed by atoms with E-state index in [0.29, 0.717) is 60.2 Å². The number of piperidine rings is 1. The molecule has 2 fully saturated rings. The molecule has 6 rings (SSSR count). The first-order valence-corrected chi connectivity index (χ1v) is 15.6. The van der Waals surface area contributed by atoms with Gasteiger partial charge in [0.15, 0.2) is 0 Å². The largest absolute Gasteiger partial charge is 0.497 e. The number of aromatic nitrogens is 4. The summed E-state index contributed by atoms with van der Waals surface area (Å²) in [5, 5.41) is 16.9. The molecule has 4 heterocycles. The van der Waals surface area contributed by atoms with Crippen LogP contribution in [0.25, 0.3) is 16.8 Å². The van der Waals surface area contributed by atoms with Gasteiger partial charge in [-0.25, -0.2) is 9.67 Å². The molecule has 4 aromatic rings. The molecule has 2 N–H and O–H groups in total. The summed E-state index contributed by atoms with van der Waals surface area (Å²) in [7, 11) is 3.05. The van der Waals surface area contributed by atoms with Gasteiger partial charge in [-0.3, -0.25) is 4.79 Å². The molecule has 0 saturated carbocycles. The van der Waals surface area contributed by atoms with Crippen molar-refractivity contribution in [2.24, 2.45) is 5.41 Å². The van der Waals surface area contributed by atoms with Gasteiger partial charge in [-0.05, 0) is 68.4 Å². The van der Waals surface area contributed by atoms with E-state index in [1.54, 1.807) is 56.4 Å². The first-order chi connectivity index (χ1) is 22.9. The highest BCUT2D eigenvalue weighted by molar-refractivity contribution is 5.75. The molecule has 0 aliphatic carbocycles. The van der Waals surface area contributed by atoms with E-state index in [-0.39, 0.29) is 28.4 Å². The molecule has 2 aromatic heterocycles. The number of hydrogen-bond acceptors (Lipinski definition) is 9. The molecule has 254 valence electrons. The van der Waals surface area contributed by atoms with Crippen LogP contribution in [-0.2, 0) is 4.79 Å². The van der Waals surface area contributed by atoms with Gasteiger partial charge < -0.3 is 29.5 Å². The molecule has 2 saturated heterocycles. The van der Waals surface area contributed by atoms with Crippen molar-refractivity contribution in [3.8, 4) is 34.2 Å². The predicted octanol–water partition coefficient (Wildman–Crippen LogP) is 5.68. The Balaban J connectivity index is 1.32. The molecule has 2 atom stereocenters. The van der Waals surface area contributed by atoms with Crippen molar-refractivity contribution in [2.45, 2.75) is 51.4 Å².